The number of hydrogen-bond donors (Lipinski definition) is 0. The minimum atomic E-state index is 1.20. The van der Waals surface area contributed by atoms with E-state index in [0.717, 1.165) is 0 Å². The van der Waals surface area contributed by atoms with E-state index in [4.69, 9.17) is 0 Å². The first-order chi connectivity index (χ1) is 8.74. The highest BCUT2D eigenvalue weighted by Crippen LogP contribution is 2.40. The van der Waals surface area contributed by atoms with Gasteiger partial charge < -0.3 is 9.80 Å². The summed E-state index contributed by atoms with van der Waals surface area (Å²) in [5.74, 6) is 0. The van der Waals surface area contributed by atoms with E-state index in [0.29, 0.717) is 0 Å². The van der Waals surface area contributed by atoms with Crippen molar-refractivity contribution in [2.45, 2.75) is 12.8 Å². The maximum Gasteiger partial charge on any atom is 0.0106 e. The fourth-order valence-corrected chi connectivity index (χ4v) is 2.42. The van der Waals surface area contributed by atoms with Crippen LogP contribution in [0.5, 0.6) is 0 Å². The molecule has 2 heteroatoms. The lowest BCUT2D eigenvalue weighted by atomic mass is 9.78. The molecule has 0 saturated heterocycles. The molecule has 18 heavy (non-hydrogen) atoms. The van der Waals surface area contributed by atoms with Crippen LogP contribution in [0.25, 0.3) is 0 Å². The quantitative estimate of drug-likeness (QED) is 0.639. The van der Waals surface area contributed by atoms with Crippen LogP contribution in [0.3, 0.4) is 0 Å². The average Bonchev–Trinajstić information content (AvgIpc) is 2.33. The van der Waals surface area contributed by atoms with Gasteiger partial charge in [0, 0.05) is 38.9 Å². The summed E-state index contributed by atoms with van der Waals surface area (Å²) in [6, 6.07) is 0. The Morgan fingerprint density at radius 1 is 0.667 bits per heavy atom. The van der Waals surface area contributed by atoms with Gasteiger partial charge in [0.25, 0.3) is 0 Å². The zero-order valence-corrected chi connectivity index (χ0v) is 10.9. The standard InChI is InChI=1S/C16H18N2/c1-17-9-5-13(6-10-17)15-3-4-16(15)14-7-11-18(2)12-8-14/h5-12H,3-4H2,1-2H3. The van der Waals surface area contributed by atoms with Crippen LogP contribution in [0.1, 0.15) is 12.8 Å². The van der Waals surface area contributed by atoms with Crippen molar-refractivity contribution in [3.05, 3.63) is 71.4 Å². The summed E-state index contributed by atoms with van der Waals surface area (Å²) in [6.07, 6.45) is 19.7. The first kappa shape index (κ1) is 11.1. The van der Waals surface area contributed by atoms with Gasteiger partial charge in [-0.3, -0.25) is 0 Å². The molecular formula is C16H18N2. The molecule has 3 aliphatic rings. The minimum absolute atomic E-state index is 1.20. The van der Waals surface area contributed by atoms with Gasteiger partial charge >= 0.3 is 0 Å². The van der Waals surface area contributed by atoms with Crippen molar-refractivity contribution in [1.82, 2.24) is 9.80 Å². The Bertz CT molecular complexity index is 459. The normalized spacial score (nSPS) is 22.1. The molecule has 0 amide bonds. The summed E-state index contributed by atoms with van der Waals surface area (Å²) in [5.41, 5.74) is 5.74. The lowest BCUT2D eigenvalue weighted by Crippen LogP contribution is -2.12. The van der Waals surface area contributed by atoms with Gasteiger partial charge in [-0.1, -0.05) is 0 Å². The van der Waals surface area contributed by atoms with E-state index < -0.39 is 0 Å². The molecule has 3 rings (SSSR count). The Morgan fingerprint density at radius 3 is 1.28 bits per heavy atom. The fraction of sp³-hybridized carbons (Fsp3) is 0.250. The maximum atomic E-state index is 2.21. The van der Waals surface area contributed by atoms with Crippen molar-refractivity contribution < 1.29 is 0 Å². The molecule has 0 N–H and O–H groups in total. The van der Waals surface area contributed by atoms with E-state index in [1.807, 2.05) is 0 Å². The Morgan fingerprint density at radius 2 is 1.00 bits per heavy atom. The summed E-state index contributed by atoms with van der Waals surface area (Å²) in [5, 5.41) is 0. The van der Waals surface area contributed by atoms with Crippen LogP contribution in [0, 0.1) is 0 Å². The molecule has 0 aromatic carbocycles. The summed E-state index contributed by atoms with van der Waals surface area (Å²) >= 11 is 0. The summed E-state index contributed by atoms with van der Waals surface area (Å²) in [4.78, 5) is 4.15. The second-order valence-electron chi connectivity index (χ2n) is 4.96. The average molecular weight is 238 g/mol. The van der Waals surface area contributed by atoms with Crippen LogP contribution in [-0.2, 0) is 0 Å². The van der Waals surface area contributed by atoms with Crippen molar-refractivity contribution >= 4 is 0 Å². The predicted molar refractivity (Wildman–Crippen MR) is 75.4 cm³/mol. The number of hydrogen-bond acceptors (Lipinski definition) is 2. The van der Waals surface area contributed by atoms with Gasteiger partial charge in [-0.15, -0.1) is 0 Å². The smallest absolute Gasteiger partial charge is 0.0106 e. The van der Waals surface area contributed by atoms with Crippen LogP contribution in [0.15, 0.2) is 71.4 Å². The summed E-state index contributed by atoms with van der Waals surface area (Å²) < 4.78 is 0. The molecule has 1 aliphatic carbocycles. The van der Waals surface area contributed by atoms with Crippen LogP contribution < -0.4 is 0 Å². The topological polar surface area (TPSA) is 6.48 Å². The second-order valence-corrected chi connectivity index (χ2v) is 4.96. The molecule has 1 fully saturated rings. The van der Waals surface area contributed by atoms with Crippen LogP contribution in [0.2, 0.25) is 0 Å². The minimum Gasteiger partial charge on any atom is -0.357 e. The van der Waals surface area contributed by atoms with Gasteiger partial charge in [0.15, 0.2) is 0 Å². The third-order valence-electron chi connectivity index (χ3n) is 3.64. The van der Waals surface area contributed by atoms with Gasteiger partial charge in [-0.2, -0.15) is 0 Å². The van der Waals surface area contributed by atoms with E-state index in [2.05, 4.69) is 73.0 Å². The number of rotatable bonds is 0. The predicted octanol–water partition coefficient (Wildman–Crippen LogP) is 3.32. The second kappa shape index (κ2) is 4.37. The van der Waals surface area contributed by atoms with Gasteiger partial charge in [0.05, 0.1) is 0 Å². The number of allylic oxidation sites excluding steroid dienone is 8. The molecule has 1 saturated carbocycles. The van der Waals surface area contributed by atoms with E-state index in [-0.39, 0.29) is 0 Å². The Kier molecular flexibility index (Phi) is 2.71. The molecule has 0 unspecified atom stereocenters. The summed E-state index contributed by atoms with van der Waals surface area (Å²) in [6.45, 7) is 0. The van der Waals surface area contributed by atoms with Gasteiger partial charge in [-0.25, -0.2) is 0 Å². The molecule has 92 valence electrons. The molecule has 0 aromatic rings. The lowest BCUT2D eigenvalue weighted by molar-refractivity contribution is 0.617. The molecule has 0 radical (unpaired) electrons. The molecular weight excluding hydrogens is 220 g/mol. The SMILES string of the molecule is CN1C=CC(=C2CCC2=C2C=CN(C)C=C2)C=C1. The highest BCUT2D eigenvalue weighted by Gasteiger charge is 2.22. The van der Waals surface area contributed by atoms with Gasteiger partial charge in [0.2, 0.25) is 0 Å². The van der Waals surface area contributed by atoms with E-state index in [9.17, 15) is 0 Å². The van der Waals surface area contributed by atoms with Crippen molar-refractivity contribution in [3.63, 3.8) is 0 Å². The Labute approximate surface area is 109 Å². The lowest BCUT2D eigenvalue weighted by Gasteiger charge is -2.28. The van der Waals surface area contributed by atoms with Crippen molar-refractivity contribution in [2.75, 3.05) is 14.1 Å². The van der Waals surface area contributed by atoms with E-state index in [1.165, 1.54) is 35.1 Å². The first-order valence-electron chi connectivity index (χ1n) is 6.37. The zero-order chi connectivity index (χ0) is 12.5. The third-order valence-corrected chi connectivity index (χ3v) is 3.64. The van der Waals surface area contributed by atoms with E-state index in [1.54, 1.807) is 0 Å². The molecule has 0 aromatic heterocycles. The summed E-state index contributed by atoms with van der Waals surface area (Å²) in [7, 11) is 4.11. The molecule has 2 heterocycles. The highest BCUT2D eigenvalue weighted by molar-refractivity contribution is 5.57. The monoisotopic (exact) mass is 238 g/mol. The molecule has 2 nitrogen and oxygen atoms in total. The Hall–Kier alpha value is -1.96. The van der Waals surface area contributed by atoms with Crippen LogP contribution in [-0.4, -0.2) is 23.9 Å². The van der Waals surface area contributed by atoms with Gasteiger partial charge in [0.1, 0.15) is 0 Å². The fourth-order valence-electron chi connectivity index (χ4n) is 2.42. The number of nitrogens with zero attached hydrogens (tertiary/aromatic N) is 2. The van der Waals surface area contributed by atoms with E-state index >= 15 is 0 Å². The van der Waals surface area contributed by atoms with Crippen molar-refractivity contribution in [1.29, 1.82) is 0 Å². The molecule has 0 spiro atoms. The van der Waals surface area contributed by atoms with Crippen molar-refractivity contribution in [2.24, 2.45) is 0 Å². The molecule has 0 bridgehead atoms. The molecule has 0 atom stereocenters. The maximum absolute atomic E-state index is 2.21. The largest absolute Gasteiger partial charge is 0.357 e. The third kappa shape index (κ3) is 1.94. The van der Waals surface area contributed by atoms with Gasteiger partial charge in [-0.05, 0) is 59.4 Å². The Balaban J connectivity index is 1.93. The zero-order valence-electron chi connectivity index (χ0n) is 10.9. The highest BCUT2D eigenvalue weighted by atomic mass is 15.1. The first-order valence-corrected chi connectivity index (χ1v) is 6.37. The van der Waals surface area contributed by atoms with Crippen LogP contribution in [0.4, 0.5) is 0 Å². The van der Waals surface area contributed by atoms with Crippen molar-refractivity contribution in [3.8, 4) is 0 Å². The molecule has 2 aliphatic heterocycles. The van der Waals surface area contributed by atoms with Crippen LogP contribution >= 0.6 is 0 Å².